The summed E-state index contributed by atoms with van der Waals surface area (Å²) in [6, 6.07) is 6.72. The maximum Gasteiger partial charge on any atom is 0.319 e. The predicted octanol–water partition coefficient (Wildman–Crippen LogP) is 0.590. The minimum absolute atomic E-state index is 0.0522. The molecule has 3 amide bonds. The number of carbonyl (C=O) groups is 2. The molecule has 0 aliphatic heterocycles. The lowest BCUT2D eigenvalue weighted by molar-refractivity contribution is -0.120. The van der Waals surface area contributed by atoms with E-state index in [1.807, 2.05) is 19.1 Å². The first-order chi connectivity index (χ1) is 10.0. The van der Waals surface area contributed by atoms with Gasteiger partial charge in [0.2, 0.25) is 5.91 Å². The zero-order valence-corrected chi connectivity index (χ0v) is 12.3. The summed E-state index contributed by atoms with van der Waals surface area (Å²) >= 11 is 0. The lowest BCUT2D eigenvalue weighted by Crippen LogP contribution is -2.39. The second-order valence-electron chi connectivity index (χ2n) is 4.56. The Kier molecular flexibility index (Phi) is 7.20. The Bertz CT molecular complexity index is 460. The van der Waals surface area contributed by atoms with Crippen LogP contribution in [0.1, 0.15) is 18.5 Å². The van der Waals surface area contributed by atoms with Gasteiger partial charge in [0.1, 0.15) is 0 Å². The van der Waals surface area contributed by atoms with Crippen molar-refractivity contribution in [2.45, 2.75) is 13.0 Å². The number of nitrogens with two attached hydrogens (primary N) is 1. The molecule has 7 heteroatoms. The van der Waals surface area contributed by atoms with Crippen LogP contribution in [0.2, 0.25) is 0 Å². The third-order valence-corrected chi connectivity index (χ3v) is 2.73. The van der Waals surface area contributed by atoms with Crippen molar-refractivity contribution in [3.05, 3.63) is 29.8 Å². The van der Waals surface area contributed by atoms with Crippen LogP contribution in [0.4, 0.5) is 10.5 Å². The monoisotopic (exact) mass is 294 g/mol. The molecule has 0 bridgehead atoms. The van der Waals surface area contributed by atoms with Gasteiger partial charge in [-0.05, 0) is 24.6 Å². The normalized spacial score (nSPS) is 11.6. The van der Waals surface area contributed by atoms with Gasteiger partial charge in [0.25, 0.3) is 0 Å². The first-order valence-corrected chi connectivity index (χ1v) is 6.69. The fourth-order valence-corrected chi connectivity index (χ4v) is 1.56. The van der Waals surface area contributed by atoms with Gasteiger partial charge in [-0.1, -0.05) is 12.1 Å². The fourth-order valence-electron chi connectivity index (χ4n) is 1.56. The van der Waals surface area contributed by atoms with Crippen molar-refractivity contribution in [2.24, 2.45) is 5.73 Å². The number of methoxy groups -OCH3 is 1. The van der Waals surface area contributed by atoms with E-state index in [1.54, 1.807) is 19.2 Å². The van der Waals surface area contributed by atoms with Crippen molar-refractivity contribution in [2.75, 3.05) is 32.1 Å². The molecule has 1 unspecified atom stereocenters. The first kappa shape index (κ1) is 16.9. The van der Waals surface area contributed by atoms with Crippen LogP contribution < -0.4 is 21.7 Å². The molecule has 116 valence electrons. The molecule has 5 N–H and O–H groups in total. The van der Waals surface area contributed by atoms with Gasteiger partial charge in [-0.15, -0.1) is 0 Å². The quantitative estimate of drug-likeness (QED) is 0.552. The fraction of sp³-hybridized carbons (Fsp3) is 0.429. The molecule has 0 fully saturated rings. The maximum atomic E-state index is 11.6. The highest BCUT2D eigenvalue weighted by atomic mass is 16.5. The molecular formula is C14H22N4O3. The molecule has 7 nitrogen and oxygen atoms in total. The number of rotatable bonds is 7. The van der Waals surface area contributed by atoms with Crippen molar-refractivity contribution in [1.82, 2.24) is 10.6 Å². The van der Waals surface area contributed by atoms with Gasteiger partial charge < -0.3 is 26.4 Å². The van der Waals surface area contributed by atoms with Crippen molar-refractivity contribution in [3.8, 4) is 0 Å². The number of nitrogens with one attached hydrogen (secondary N) is 3. The van der Waals surface area contributed by atoms with E-state index in [0.717, 1.165) is 5.56 Å². The largest absolute Gasteiger partial charge is 0.383 e. The lowest BCUT2D eigenvalue weighted by Gasteiger charge is -2.10. The average Bonchev–Trinajstić information content (AvgIpc) is 2.46. The summed E-state index contributed by atoms with van der Waals surface area (Å²) in [5.74, 6) is -0.269. The van der Waals surface area contributed by atoms with E-state index >= 15 is 0 Å². The molecule has 1 aromatic carbocycles. The van der Waals surface area contributed by atoms with Gasteiger partial charge >= 0.3 is 6.03 Å². The van der Waals surface area contributed by atoms with E-state index in [1.165, 1.54) is 0 Å². The van der Waals surface area contributed by atoms with E-state index < -0.39 is 6.03 Å². The molecule has 0 heterocycles. The summed E-state index contributed by atoms with van der Waals surface area (Å²) in [7, 11) is 1.55. The van der Waals surface area contributed by atoms with Crippen LogP contribution in [-0.4, -0.2) is 38.7 Å². The lowest BCUT2D eigenvalue weighted by atomic mass is 10.1. The number of urea groups is 1. The third kappa shape index (κ3) is 6.73. The van der Waals surface area contributed by atoms with Crippen molar-refractivity contribution in [3.63, 3.8) is 0 Å². The summed E-state index contributed by atoms with van der Waals surface area (Å²) in [6.07, 6.45) is 0. The molecule has 21 heavy (non-hydrogen) atoms. The molecule has 0 aliphatic rings. The predicted molar refractivity (Wildman–Crippen MR) is 81.0 cm³/mol. The summed E-state index contributed by atoms with van der Waals surface area (Å²) in [4.78, 5) is 23.0. The molecule has 0 saturated carbocycles. The van der Waals surface area contributed by atoms with E-state index in [-0.39, 0.29) is 18.5 Å². The van der Waals surface area contributed by atoms with E-state index in [4.69, 9.17) is 10.5 Å². The second kappa shape index (κ2) is 8.93. The van der Waals surface area contributed by atoms with E-state index in [9.17, 15) is 9.59 Å². The zero-order chi connectivity index (χ0) is 15.7. The Morgan fingerprint density at radius 1 is 1.24 bits per heavy atom. The third-order valence-electron chi connectivity index (χ3n) is 2.73. The van der Waals surface area contributed by atoms with Crippen molar-refractivity contribution in [1.29, 1.82) is 0 Å². The molecule has 1 aromatic rings. The summed E-state index contributed by atoms with van der Waals surface area (Å²) in [5, 5.41) is 7.71. The average molecular weight is 294 g/mol. The van der Waals surface area contributed by atoms with Crippen LogP contribution >= 0.6 is 0 Å². The highest BCUT2D eigenvalue weighted by molar-refractivity contribution is 5.92. The van der Waals surface area contributed by atoms with Gasteiger partial charge in [0, 0.05) is 25.4 Å². The highest BCUT2D eigenvalue weighted by Crippen LogP contribution is 2.13. The minimum atomic E-state index is -0.439. The maximum absolute atomic E-state index is 11.6. The molecule has 1 rings (SSSR count). The van der Waals surface area contributed by atoms with Crippen LogP contribution in [-0.2, 0) is 9.53 Å². The smallest absolute Gasteiger partial charge is 0.319 e. The van der Waals surface area contributed by atoms with E-state index in [0.29, 0.717) is 18.8 Å². The zero-order valence-electron chi connectivity index (χ0n) is 12.3. The van der Waals surface area contributed by atoms with Crippen LogP contribution in [0.5, 0.6) is 0 Å². The highest BCUT2D eigenvalue weighted by Gasteiger charge is 2.05. The molecule has 0 aliphatic carbocycles. The molecular weight excluding hydrogens is 272 g/mol. The Morgan fingerprint density at radius 2 is 1.90 bits per heavy atom. The number of hydrogen-bond acceptors (Lipinski definition) is 4. The van der Waals surface area contributed by atoms with Crippen LogP contribution in [0.25, 0.3) is 0 Å². The molecule has 0 aromatic heterocycles. The van der Waals surface area contributed by atoms with Crippen LogP contribution in [0, 0.1) is 0 Å². The van der Waals surface area contributed by atoms with Crippen molar-refractivity contribution < 1.29 is 14.3 Å². The topological polar surface area (TPSA) is 105 Å². The standard InChI is InChI=1S/C14H22N4O3/c1-10(15)11-3-5-12(6-4-11)18-14(20)17-9-13(19)16-7-8-21-2/h3-6,10H,7-9,15H2,1-2H3,(H,16,19)(H2,17,18,20). The molecule has 0 spiro atoms. The SMILES string of the molecule is COCCNC(=O)CNC(=O)Nc1ccc(C(C)N)cc1. The molecule has 0 radical (unpaired) electrons. The number of anilines is 1. The van der Waals surface area contributed by atoms with Gasteiger partial charge in [-0.25, -0.2) is 4.79 Å². The van der Waals surface area contributed by atoms with Gasteiger partial charge in [-0.2, -0.15) is 0 Å². The van der Waals surface area contributed by atoms with E-state index in [2.05, 4.69) is 16.0 Å². The molecule has 1 atom stereocenters. The Morgan fingerprint density at radius 3 is 2.48 bits per heavy atom. The number of ether oxygens (including phenoxy) is 1. The number of amides is 3. The Hall–Kier alpha value is -2.12. The number of carbonyl (C=O) groups excluding carboxylic acids is 2. The number of hydrogen-bond donors (Lipinski definition) is 4. The minimum Gasteiger partial charge on any atom is -0.383 e. The number of benzene rings is 1. The summed E-state index contributed by atoms with van der Waals surface area (Å²) in [5.41, 5.74) is 7.36. The van der Waals surface area contributed by atoms with Gasteiger partial charge in [-0.3, -0.25) is 4.79 Å². The van der Waals surface area contributed by atoms with Gasteiger partial charge in [0.15, 0.2) is 0 Å². The van der Waals surface area contributed by atoms with Crippen molar-refractivity contribution >= 4 is 17.6 Å². The summed E-state index contributed by atoms with van der Waals surface area (Å²) < 4.78 is 4.80. The van der Waals surface area contributed by atoms with Crippen LogP contribution in [0.3, 0.4) is 0 Å². The Balaban J connectivity index is 2.31. The van der Waals surface area contributed by atoms with Gasteiger partial charge in [0.05, 0.1) is 13.2 Å². The summed E-state index contributed by atoms with van der Waals surface area (Å²) in [6.45, 7) is 2.64. The first-order valence-electron chi connectivity index (χ1n) is 6.69. The molecule has 0 saturated heterocycles. The van der Waals surface area contributed by atoms with Crippen LogP contribution in [0.15, 0.2) is 24.3 Å². The second-order valence-corrected chi connectivity index (χ2v) is 4.56. The Labute approximate surface area is 124 Å².